The Morgan fingerprint density at radius 2 is 1.94 bits per heavy atom. The number of hydrogen-bond donors (Lipinski definition) is 1. The number of anilines is 1. The molecule has 88 valence electrons. The Morgan fingerprint density at radius 1 is 1.18 bits per heavy atom. The number of nitrogen functional groups attached to an aromatic ring is 1. The van der Waals surface area contributed by atoms with Crippen molar-refractivity contribution in [2.75, 3.05) is 5.73 Å². The summed E-state index contributed by atoms with van der Waals surface area (Å²) >= 11 is 7.65. The molecule has 0 spiro atoms. The number of nitrogens with two attached hydrogens (primary N) is 1. The first-order valence-electron chi connectivity index (χ1n) is 5.22. The highest BCUT2D eigenvalue weighted by Gasteiger charge is 2.07. The van der Waals surface area contributed by atoms with Crippen LogP contribution in [0.4, 0.5) is 5.69 Å². The van der Waals surface area contributed by atoms with Crippen molar-refractivity contribution in [3.05, 3.63) is 46.7 Å². The first-order valence-corrected chi connectivity index (χ1v) is 6.41. The molecule has 0 saturated carbocycles. The number of benzene rings is 1. The number of aromatic nitrogens is 1. The minimum atomic E-state index is 0.591. The first kappa shape index (κ1) is 12.3. The van der Waals surface area contributed by atoms with E-state index >= 15 is 0 Å². The molecule has 4 heteroatoms. The molecule has 0 bridgehead atoms. The Kier molecular flexibility index (Phi) is 3.60. The van der Waals surface area contributed by atoms with Crippen LogP contribution >= 0.6 is 23.4 Å². The van der Waals surface area contributed by atoms with Crippen molar-refractivity contribution < 1.29 is 0 Å². The molecular formula is C13H13ClN2S. The summed E-state index contributed by atoms with van der Waals surface area (Å²) in [5.74, 6) is 0. The van der Waals surface area contributed by atoms with Crippen LogP contribution < -0.4 is 5.73 Å². The van der Waals surface area contributed by atoms with E-state index in [1.54, 1.807) is 24.2 Å². The third-order valence-corrected chi connectivity index (χ3v) is 4.13. The highest BCUT2D eigenvalue weighted by atomic mass is 35.5. The molecule has 1 aromatic carbocycles. The molecule has 0 aliphatic rings. The third-order valence-electron chi connectivity index (χ3n) is 2.58. The summed E-state index contributed by atoms with van der Waals surface area (Å²) in [6.07, 6.45) is 3.23. The molecule has 0 radical (unpaired) electrons. The molecule has 1 aromatic heterocycles. The second-order valence-corrected chi connectivity index (χ2v) is 5.38. The van der Waals surface area contributed by atoms with Gasteiger partial charge in [-0.3, -0.25) is 4.98 Å². The molecule has 1 heterocycles. The molecule has 17 heavy (non-hydrogen) atoms. The predicted octanol–water partition coefficient (Wildman–Crippen LogP) is 4.09. The number of hydrogen-bond acceptors (Lipinski definition) is 3. The van der Waals surface area contributed by atoms with E-state index in [9.17, 15) is 0 Å². The average molecular weight is 265 g/mol. The lowest BCUT2D eigenvalue weighted by atomic mass is 10.1. The highest BCUT2D eigenvalue weighted by molar-refractivity contribution is 7.99. The molecule has 2 aromatic rings. The first-order chi connectivity index (χ1) is 8.08. The van der Waals surface area contributed by atoms with Gasteiger partial charge in [-0.2, -0.15) is 0 Å². The highest BCUT2D eigenvalue weighted by Crippen LogP contribution is 2.37. The summed E-state index contributed by atoms with van der Waals surface area (Å²) in [7, 11) is 0. The second kappa shape index (κ2) is 4.98. The lowest BCUT2D eigenvalue weighted by Gasteiger charge is -2.08. The van der Waals surface area contributed by atoms with Gasteiger partial charge in [-0.05, 0) is 37.1 Å². The standard InChI is InChI=1S/C13H13ClN2S/c1-8-3-4-10(5-9(8)2)17-13-11(14)6-16-7-12(13)15/h3-7H,15H2,1-2H3. The Balaban J connectivity index is 2.35. The number of rotatable bonds is 2. The predicted molar refractivity (Wildman–Crippen MR) is 73.7 cm³/mol. The largest absolute Gasteiger partial charge is 0.397 e. The molecular weight excluding hydrogens is 252 g/mol. The van der Waals surface area contributed by atoms with Gasteiger partial charge in [0.25, 0.3) is 0 Å². The van der Waals surface area contributed by atoms with Crippen LogP contribution in [0.25, 0.3) is 0 Å². The second-order valence-electron chi connectivity index (χ2n) is 3.89. The zero-order valence-electron chi connectivity index (χ0n) is 9.70. The van der Waals surface area contributed by atoms with Crippen LogP contribution in [-0.2, 0) is 0 Å². The monoisotopic (exact) mass is 264 g/mol. The third kappa shape index (κ3) is 2.73. The van der Waals surface area contributed by atoms with Crippen LogP contribution in [0.3, 0.4) is 0 Å². The lowest BCUT2D eigenvalue weighted by molar-refractivity contribution is 1.25. The molecule has 0 atom stereocenters. The van der Waals surface area contributed by atoms with E-state index in [-0.39, 0.29) is 0 Å². The van der Waals surface area contributed by atoms with E-state index in [1.807, 2.05) is 0 Å². The SMILES string of the molecule is Cc1ccc(Sc2c(N)cncc2Cl)cc1C. The zero-order valence-corrected chi connectivity index (χ0v) is 11.3. The quantitative estimate of drug-likeness (QED) is 0.888. The van der Waals surface area contributed by atoms with Crippen LogP contribution in [0.5, 0.6) is 0 Å². The maximum atomic E-state index is 6.09. The maximum Gasteiger partial charge on any atom is 0.0749 e. The number of halogens is 1. The van der Waals surface area contributed by atoms with Gasteiger partial charge in [0.05, 0.1) is 21.8 Å². The Morgan fingerprint density at radius 3 is 2.59 bits per heavy atom. The van der Waals surface area contributed by atoms with Gasteiger partial charge in [0, 0.05) is 11.1 Å². The lowest BCUT2D eigenvalue weighted by Crippen LogP contribution is -1.91. The van der Waals surface area contributed by atoms with Gasteiger partial charge < -0.3 is 5.73 Å². The number of pyridine rings is 1. The van der Waals surface area contributed by atoms with E-state index in [0.717, 1.165) is 9.79 Å². The number of aryl methyl sites for hydroxylation is 2. The fraction of sp³-hybridized carbons (Fsp3) is 0.154. The molecule has 2 rings (SSSR count). The van der Waals surface area contributed by atoms with Gasteiger partial charge in [0.15, 0.2) is 0 Å². The average Bonchev–Trinajstić information content (AvgIpc) is 2.28. The van der Waals surface area contributed by atoms with Crippen molar-refractivity contribution in [3.63, 3.8) is 0 Å². The summed E-state index contributed by atoms with van der Waals surface area (Å²) in [5.41, 5.74) is 9.02. The molecule has 0 unspecified atom stereocenters. The van der Waals surface area contributed by atoms with Gasteiger partial charge in [-0.1, -0.05) is 29.4 Å². The van der Waals surface area contributed by atoms with Crippen molar-refractivity contribution in [3.8, 4) is 0 Å². The normalized spacial score (nSPS) is 10.5. The van der Waals surface area contributed by atoms with Gasteiger partial charge in [0.1, 0.15) is 0 Å². The van der Waals surface area contributed by atoms with Crippen molar-refractivity contribution in [2.45, 2.75) is 23.6 Å². The van der Waals surface area contributed by atoms with E-state index in [0.29, 0.717) is 10.7 Å². The Labute approximate surface area is 110 Å². The van der Waals surface area contributed by atoms with Gasteiger partial charge in [0.2, 0.25) is 0 Å². The van der Waals surface area contributed by atoms with Crippen LogP contribution in [0.2, 0.25) is 5.02 Å². The molecule has 2 N–H and O–H groups in total. The summed E-state index contributed by atoms with van der Waals surface area (Å²) in [4.78, 5) is 5.95. The Bertz CT molecular complexity index is 535. The summed E-state index contributed by atoms with van der Waals surface area (Å²) < 4.78 is 0. The molecule has 0 saturated heterocycles. The van der Waals surface area contributed by atoms with Crippen molar-refractivity contribution in [1.29, 1.82) is 0 Å². The van der Waals surface area contributed by atoms with Crippen LogP contribution in [0, 0.1) is 13.8 Å². The van der Waals surface area contributed by atoms with E-state index in [2.05, 4.69) is 37.0 Å². The van der Waals surface area contributed by atoms with Crippen molar-refractivity contribution >= 4 is 29.1 Å². The van der Waals surface area contributed by atoms with E-state index in [1.165, 1.54) is 11.1 Å². The molecule has 0 fully saturated rings. The number of nitrogens with zero attached hydrogens (tertiary/aromatic N) is 1. The fourth-order valence-corrected chi connectivity index (χ4v) is 2.65. The summed E-state index contributed by atoms with van der Waals surface area (Å²) in [5, 5.41) is 0.591. The summed E-state index contributed by atoms with van der Waals surface area (Å²) in [6.45, 7) is 4.19. The maximum absolute atomic E-state index is 6.09. The zero-order chi connectivity index (χ0) is 12.4. The van der Waals surface area contributed by atoms with E-state index < -0.39 is 0 Å². The summed E-state index contributed by atoms with van der Waals surface area (Å²) in [6, 6.07) is 6.31. The smallest absolute Gasteiger partial charge is 0.0749 e. The fourth-order valence-electron chi connectivity index (χ4n) is 1.44. The van der Waals surface area contributed by atoms with Gasteiger partial charge in [-0.25, -0.2) is 0 Å². The van der Waals surface area contributed by atoms with Crippen LogP contribution in [0.1, 0.15) is 11.1 Å². The van der Waals surface area contributed by atoms with Gasteiger partial charge in [-0.15, -0.1) is 0 Å². The van der Waals surface area contributed by atoms with Crippen LogP contribution in [0.15, 0.2) is 40.4 Å². The Hall–Kier alpha value is -1.19. The molecule has 0 amide bonds. The van der Waals surface area contributed by atoms with E-state index in [4.69, 9.17) is 17.3 Å². The minimum Gasteiger partial charge on any atom is -0.397 e. The molecule has 2 nitrogen and oxygen atoms in total. The minimum absolute atomic E-state index is 0.591. The van der Waals surface area contributed by atoms with Crippen molar-refractivity contribution in [1.82, 2.24) is 4.98 Å². The molecule has 0 aliphatic heterocycles. The molecule has 0 aliphatic carbocycles. The van der Waals surface area contributed by atoms with Crippen LogP contribution in [-0.4, -0.2) is 4.98 Å². The topological polar surface area (TPSA) is 38.9 Å². The van der Waals surface area contributed by atoms with Crippen molar-refractivity contribution in [2.24, 2.45) is 0 Å². The van der Waals surface area contributed by atoms with Gasteiger partial charge >= 0.3 is 0 Å².